The van der Waals surface area contributed by atoms with E-state index in [1.807, 2.05) is 18.2 Å². The topological polar surface area (TPSA) is 90.3 Å². The third kappa shape index (κ3) is 5.04. The maximum absolute atomic E-state index is 11.4. The Morgan fingerprint density at radius 2 is 1.76 bits per heavy atom. The van der Waals surface area contributed by atoms with Crippen LogP contribution in [0.2, 0.25) is 0 Å². The maximum Gasteiger partial charge on any atom is 0.408 e. The fraction of sp³-hybridized carbons (Fsp3) is 0.481. The average molecular weight is 467 g/mol. The van der Waals surface area contributed by atoms with E-state index in [2.05, 4.69) is 55.4 Å². The molecule has 0 bridgehead atoms. The number of rotatable bonds is 7. The second kappa shape index (κ2) is 10.1. The molecule has 7 nitrogen and oxygen atoms in total. The zero-order valence-electron chi connectivity index (χ0n) is 19.9. The van der Waals surface area contributed by atoms with Gasteiger partial charge in [-0.15, -0.1) is 0 Å². The van der Waals surface area contributed by atoms with Crippen LogP contribution in [0.1, 0.15) is 43.2 Å². The zero-order valence-corrected chi connectivity index (χ0v) is 19.9. The van der Waals surface area contributed by atoms with E-state index in [9.17, 15) is 19.8 Å². The first-order valence-corrected chi connectivity index (χ1v) is 12.0. The lowest BCUT2D eigenvalue weighted by Gasteiger charge is -2.45. The Labute approximate surface area is 200 Å². The van der Waals surface area contributed by atoms with Crippen LogP contribution in [-0.4, -0.2) is 64.9 Å². The molecular formula is C27H34N2O5. The molecule has 2 atom stereocenters. The second-order valence-corrected chi connectivity index (χ2v) is 9.85. The molecule has 1 aliphatic heterocycles. The van der Waals surface area contributed by atoms with Crippen LogP contribution in [0.25, 0.3) is 0 Å². The summed E-state index contributed by atoms with van der Waals surface area (Å²) in [5.74, 6) is 0.128. The minimum atomic E-state index is -1.23. The van der Waals surface area contributed by atoms with Gasteiger partial charge in [-0.3, -0.25) is 9.80 Å². The molecular weight excluding hydrogens is 432 g/mol. The van der Waals surface area contributed by atoms with E-state index in [0.29, 0.717) is 11.7 Å². The number of ether oxygens (including phenoxy) is 1. The molecule has 34 heavy (non-hydrogen) atoms. The lowest BCUT2D eigenvalue weighted by atomic mass is 9.70. The fourth-order valence-corrected chi connectivity index (χ4v) is 5.70. The summed E-state index contributed by atoms with van der Waals surface area (Å²) in [6, 6.07) is 17.7. The van der Waals surface area contributed by atoms with Gasteiger partial charge in [-0.1, -0.05) is 42.5 Å². The maximum atomic E-state index is 11.4. The number of carboxylic acids is 1. The van der Waals surface area contributed by atoms with Crippen LogP contribution in [0.15, 0.2) is 54.6 Å². The summed E-state index contributed by atoms with van der Waals surface area (Å²) < 4.78 is 6.01. The number of likely N-dealkylation sites (tertiary alicyclic amines) is 1. The zero-order chi connectivity index (χ0) is 24.3. The highest BCUT2D eigenvalue weighted by atomic mass is 16.5. The highest BCUT2D eigenvalue weighted by Gasteiger charge is 2.41. The summed E-state index contributed by atoms with van der Waals surface area (Å²) >= 11 is 0. The van der Waals surface area contributed by atoms with Crippen molar-refractivity contribution >= 4 is 12.1 Å². The van der Waals surface area contributed by atoms with Crippen LogP contribution < -0.4 is 4.74 Å². The minimum absolute atomic E-state index is 0.0608. The first kappa shape index (κ1) is 24.1. The fourth-order valence-electron chi connectivity index (χ4n) is 5.70. The molecule has 2 aliphatic rings. The van der Waals surface area contributed by atoms with Gasteiger partial charge in [-0.05, 0) is 75.4 Å². The Hall–Kier alpha value is -3.06. The Bertz CT molecular complexity index is 979. The number of benzene rings is 2. The van der Waals surface area contributed by atoms with E-state index in [0.717, 1.165) is 37.0 Å². The van der Waals surface area contributed by atoms with Gasteiger partial charge in [0.15, 0.2) is 0 Å². The van der Waals surface area contributed by atoms with Crippen molar-refractivity contribution in [1.82, 2.24) is 9.80 Å². The largest absolute Gasteiger partial charge is 0.488 e. The summed E-state index contributed by atoms with van der Waals surface area (Å²) in [6.07, 6.45) is 3.97. The lowest BCUT2D eigenvalue weighted by Crippen LogP contribution is -2.44. The van der Waals surface area contributed by atoms with Crippen LogP contribution in [0.4, 0.5) is 4.79 Å². The molecule has 1 saturated heterocycles. The van der Waals surface area contributed by atoms with Crippen molar-refractivity contribution in [2.24, 2.45) is 5.92 Å². The molecule has 2 aromatic rings. The Balaban J connectivity index is 1.37. The highest BCUT2D eigenvalue weighted by Crippen LogP contribution is 2.43. The molecule has 0 unspecified atom stereocenters. The number of carbonyl (C=O) groups is 2. The molecule has 182 valence electrons. The van der Waals surface area contributed by atoms with Crippen LogP contribution in [-0.2, 0) is 16.8 Å². The first-order chi connectivity index (χ1) is 16.3. The van der Waals surface area contributed by atoms with E-state index >= 15 is 0 Å². The normalized spacial score (nSPS) is 27.0. The van der Waals surface area contributed by atoms with Gasteiger partial charge in [0.05, 0.1) is 6.54 Å². The predicted octanol–water partition coefficient (Wildman–Crippen LogP) is 4.46. The number of hydrogen-bond donors (Lipinski definition) is 2. The van der Waals surface area contributed by atoms with E-state index in [4.69, 9.17) is 4.74 Å². The number of amides is 1. The van der Waals surface area contributed by atoms with Gasteiger partial charge in [0.1, 0.15) is 17.9 Å². The molecule has 0 radical (unpaired) electrons. The van der Waals surface area contributed by atoms with Crippen molar-refractivity contribution in [3.05, 3.63) is 65.7 Å². The van der Waals surface area contributed by atoms with Crippen molar-refractivity contribution in [2.45, 2.75) is 56.2 Å². The number of aliphatic carboxylic acids is 1. The second-order valence-electron chi connectivity index (χ2n) is 9.85. The summed E-state index contributed by atoms with van der Waals surface area (Å²) in [5.41, 5.74) is 2.67. The minimum Gasteiger partial charge on any atom is -0.488 e. The van der Waals surface area contributed by atoms with Gasteiger partial charge in [0.2, 0.25) is 0 Å². The van der Waals surface area contributed by atoms with Crippen molar-refractivity contribution < 1.29 is 24.5 Å². The summed E-state index contributed by atoms with van der Waals surface area (Å²) in [4.78, 5) is 26.1. The molecule has 0 aromatic heterocycles. The number of nitrogens with zero attached hydrogens (tertiary/aromatic N) is 2. The van der Waals surface area contributed by atoms with Gasteiger partial charge in [-0.2, -0.15) is 0 Å². The number of carboxylic acid groups (broad SMARTS) is 2. The van der Waals surface area contributed by atoms with Crippen molar-refractivity contribution in [3.63, 3.8) is 0 Å². The lowest BCUT2D eigenvalue weighted by molar-refractivity contribution is -0.141. The molecule has 0 spiro atoms. The molecule has 7 heteroatoms. The van der Waals surface area contributed by atoms with Gasteiger partial charge >= 0.3 is 12.1 Å². The van der Waals surface area contributed by atoms with Crippen LogP contribution in [0.5, 0.6) is 5.75 Å². The summed E-state index contributed by atoms with van der Waals surface area (Å²) in [7, 11) is 4.36. The molecule has 4 rings (SSSR count). The third-order valence-electron chi connectivity index (χ3n) is 7.62. The molecule has 2 N–H and O–H groups in total. The van der Waals surface area contributed by atoms with Crippen LogP contribution in [0, 0.1) is 5.92 Å². The molecule has 1 saturated carbocycles. The Morgan fingerprint density at radius 3 is 2.35 bits per heavy atom. The van der Waals surface area contributed by atoms with Crippen LogP contribution in [0.3, 0.4) is 0 Å². The molecule has 1 amide bonds. The molecule has 1 heterocycles. The monoisotopic (exact) mass is 466 g/mol. The first-order valence-electron chi connectivity index (χ1n) is 12.0. The highest BCUT2D eigenvalue weighted by molar-refractivity contribution is 5.80. The van der Waals surface area contributed by atoms with Crippen molar-refractivity contribution in [2.75, 3.05) is 20.6 Å². The molecule has 2 fully saturated rings. The third-order valence-corrected chi connectivity index (χ3v) is 7.62. The standard InChI is InChI=1S/C27H34N2O5/c1-28(2)27(21-8-4-3-5-9-21)13-11-19(12-14-27)15-20-7-6-10-22(16-20)34-23-17-24(25(30)31)29(18-23)26(32)33/h3-10,16,19,23-24H,11-15,17-18H2,1-2H3,(H,30,31)(H,32,33)/t19?,23-,24-,27?/m0/s1. The smallest absolute Gasteiger partial charge is 0.408 e. The average Bonchev–Trinajstić information content (AvgIpc) is 3.25. The van der Waals surface area contributed by atoms with Gasteiger partial charge in [0.25, 0.3) is 0 Å². The van der Waals surface area contributed by atoms with Gasteiger partial charge in [-0.25, -0.2) is 9.59 Å². The van der Waals surface area contributed by atoms with Gasteiger partial charge < -0.3 is 14.9 Å². The number of hydrogen-bond acceptors (Lipinski definition) is 4. The quantitative estimate of drug-likeness (QED) is 0.626. The molecule has 2 aromatic carbocycles. The Kier molecular flexibility index (Phi) is 7.12. The molecule has 1 aliphatic carbocycles. The summed E-state index contributed by atoms with van der Waals surface area (Å²) in [6.45, 7) is 0.0608. The SMILES string of the molecule is CN(C)C1(c2ccccc2)CCC(Cc2cccc(O[C@H]3C[C@@H](C(=O)O)N(C(=O)O)C3)c2)CC1. The predicted molar refractivity (Wildman–Crippen MR) is 129 cm³/mol. The van der Waals surface area contributed by atoms with Gasteiger partial charge in [0, 0.05) is 12.0 Å². The summed E-state index contributed by atoms with van der Waals surface area (Å²) in [5, 5.41) is 18.6. The van der Waals surface area contributed by atoms with Crippen molar-refractivity contribution in [3.8, 4) is 5.75 Å². The van der Waals surface area contributed by atoms with E-state index in [1.165, 1.54) is 11.1 Å². The van der Waals surface area contributed by atoms with E-state index in [1.54, 1.807) is 0 Å². The van der Waals surface area contributed by atoms with Crippen LogP contribution >= 0.6 is 0 Å². The van der Waals surface area contributed by atoms with E-state index < -0.39 is 24.2 Å². The van der Waals surface area contributed by atoms with E-state index in [-0.39, 0.29) is 18.5 Å². The Morgan fingerprint density at radius 1 is 1.06 bits per heavy atom. The van der Waals surface area contributed by atoms with Crippen molar-refractivity contribution in [1.29, 1.82) is 0 Å².